The highest BCUT2D eigenvalue weighted by atomic mass is 16.2. The summed E-state index contributed by atoms with van der Waals surface area (Å²) in [5.74, 6) is -1.03. The predicted octanol–water partition coefficient (Wildman–Crippen LogP) is 0.156. The van der Waals surface area contributed by atoms with Crippen molar-refractivity contribution >= 4 is 11.6 Å². The number of carbonyl (C=O) groups excluding carboxylic acids is 2. The van der Waals surface area contributed by atoms with Crippen LogP contribution in [0, 0.1) is 13.8 Å². The summed E-state index contributed by atoms with van der Waals surface area (Å²) < 4.78 is 1.73. The lowest BCUT2D eigenvalue weighted by molar-refractivity contribution is -0.127. The van der Waals surface area contributed by atoms with Gasteiger partial charge in [0, 0.05) is 18.3 Å². The molecular formula is C12H15N3O2. The maximum absolute atomic E-state index is 12.0. The first-order valence-corrected chi connectivity index (χ1v) is 5.45. The van der Waals surface area contributed by atoms with E-state index in [0.717, 1.165) is 17.0 Å². The first-order valence-electron chi connectivity index (χ1n) is 5.45. The Bertz CT molecular complexity index is 528. The maximum atomic E-state index is 12.0. The number of hydrogen-bond donors (Lipinski definition) is 1. The molecule has 1 heterocycles. The normalized spacial score (nSPS) is 24.5. The van der Waals surface area contributed by atoms with Crippen molar-refractivity contribution in [1.29, 1.82) is 0 Å². The zero-order chi connectivity index (χ0) is 12.7. The second kappa shape index (κ2) is 3.92. The maximum Gasteiger partial charge on any atom is 0.179 e. The summed E-state index contributed by atoms with van der Waals surface area (Å²) in [6.07, 6.45) is 3.01. The number of nitrogens with two attached hydrogens (primary N) is 1. The number of Topliss-reactive ketones (excluding diaryl/α,β-unsaturated/α-hetero) is 1. The van der Waals surface area contributed by atoms with Gasteiger partial charge in [0.15, 0.2) is 11.6 Å². The van der Waals surface area contributed by atoms with Gasteiger partial charge in [-0.2, -0.15) is 5.10 Å². The molecule has 0 radical (unpaired) electrons. The van der Waals surface area contributed by atoms with Crippen LogP contribution >= 0.6 is 0 Å². The van der Waals surface area contributed by atoms with Crippen LogP contribution in [-0.2, 0) is 16.6 Å². The number of ketones is 2. The Balaban J connectivity index is 2.51. The Morgan fingerprint density at radius 3 is 2.53 bits per heavy atom. The molecule has 5 heteroatoms. The monoisotopic (exact) mass is 233 g/mol. The van der Waals surface area contributed by atoms with E-state index in [0.29, 0.717) is 0 Å². The van der Waals surface area contributed by atoms with Crippen LogP contribution in [0.3, 0.4) is 0 Å². The summed E-state index contributed by atoms with van der Waals surface area (Å²) >= 11 is 0. The Labute approximate surface area is 99.3 Å². The zero-order valence-corrected chi connectivity index (χ0v) is 10.1. The van der Waals surface area contributed by atoms with E-state index in [2.05, 4.69) is 5.10 Å². The summed E-state index contributed by atoms with van der Waals surface area (Å²) in [4.78, 5) is 23.3. The molecule has 0 aliphatic heterocycles. The van der Waals surface area contributed by atoms with E-state index in [1.54, 1.807) is 10.8 Å². The van der Waals surface area contributed by atoms with Crippen LogP contribution in [0.4, 0.5) is 0 Å². The van der Waals surface area contributed by atoms with Gasteiger partial charge in [-0.25, -0.2) is 0 Å². The average Bonchev–Trinajstić information content (AvgIpc) is 2.52. The van der Waals surface area contributed by atoms with Gasteiger partial charge in [0.25, 0.3) is 0 Å². The van der Waals surface area contributed by atoms with Crippen LogP contribution in [0.25, 0.3) is 0 Å². The van der Waals surface area contributed by atoms with E-state index in [1.165, 1.54) is 6.08 Å². The van der Waals surface area contributed by atoms with Crippen LogP contribution in [0.15, 0.2) is 12.2 Å². The van der Waals surface area contributed by atoms with Gasteiger partial charge >= 0.3 is 0 Å². The van der Waals surface area contributed by atoms with Crippen molar-refractivity contribution in [3.05, 3.63) is 29.1 Å². The lowest BCUT2D eigenvalue weighted by Crippen LogP contribution is -2.43. The van der Waals surface area contributed by atoms with Crippen LogP contribution in [0.5, 0.6) is 0 Å². The Hall–Kier alpha value is -1.75. The summed E-state index contributed by atoms with van der Waals surface area (Å²) in [5, 5.41) is 4.27. The first-order chi connectivity index (χ1) is 7.93. The minimum Gasteiger partial charge on any atom is -0.315 e. The molecule has 1 aliphatic carbocycles. The Morgan fingerprint density at radius 1 is 1.35 bits per heavy atom. The van der Waals surface area contributed by atoms with E-state index in [4.69, 9.17) is 5.73 Å². The number of aryl methyl sites for hydroxylation is 2. The van der Waals surface area contributed by atoms with Crippen molar-refractivity contribution in [2.75, 3.05) is 0 Å². The fraction of sp³-hybridized carbons (Fsp3) is 0.417. The highest BCUT2D eigenvalue weighted by Gasteiger charge is 2.34. The minimum absolute atomic E-state index is 0.253. The topological polar surface area (TPSA) is 78.0 Å². The van der Waals surface area contributed by atoms with Gasteiger partial charge in [-0.05, 0) is 19.9 Å². The van der Waals surface area contributed by atoms with E-state index in [9.17, 15) is 9.59 Å². The van der Waals surface area contributed by atoms with Gasteiger partial charge < -0.3 is 5.73 Å². The number of allylic oxidation sites excluding steroid dienone is 1. The fourth-order valence-corrected chi connectivity index (χ4v) is 2.20. The van der Waals surface area contributed by atoms with E-state index in [1.807, 2.05) is 20.9 Å². The smallest absolute Gasteiger partial charge is 0.179 e. The predicted molar refractivity (Wildman–Crippen MR) is 62.6 cm³/mol. The van der Waals surface area contributed by atoms with Gasteiger partial charge in [-0.15, -0.1) is 0 Å². The molecule has 1 aromatic rings. The third-order valence-corrected chi connectivity index (χ3v) is 3.25. The molecule has 0 saturated carbocycles. The molecule has 1 aromatic heterocycles. The molecular weight excluding hydrogens is 218 g/mol. The van der Waals surface area contributed by atoms with Gasteiger partial charge in [0.1, 0.15) is 6.04 Å². The molecule has 2 unspecified atom stereocenters. The third kappa shape index (κ3) is 1.72. The summed E-state index contributed by atoms with van der Waals surface area (Å²) in [7, 11) is 1.83. The molecule has 2 rings (SSSR count). The van der Waals surface area contributed by atoms with Crippen LogP contribution in [0.2, 0.25) is 0 Å². The zero-order valence-electron chi connectivity index (χ0n) is 10.1. The SMILES string of the molecule is Cc1nn(C)c(C)c1C1C=CC(=O)C(N)C1=O. The third-order valence-electron chi connectivity index (χ3n) is 3.25. The number of carbonyl (C=O) groups is 2. The molecule has 2 atom stereocenters. The largest absolute Gasteiger partial charge is 0.315 e. The van der Waals surface area contributed by atoms with Gasteiger partial charge in [0.05, 0.1) is 11.6 Å². The molecule has 2 N–H and O–H groups in total. The second-order valence-electron chi connectivity index (χ2n) is 4.33. The summed E-state index contributed by atoms with van der Waals surface area (Å²) in [6, 6.07) is -1.04. The van der Waals surface area contributed by atoms with Crippen LogP contribution in [-0.4, -0.2) is 27.4 Å². The lowest BCUT2D eigenvalue weighted by atomic mass is 9.84. The highest BCUT2D eigenvalue weighted by Crippen LogP contribution is 2.28. The second-order valence-corrected chi connectivity index (χ2v) is 4.33. The molecule has 0 spiro atoms. The summed E-state index contributed by atoms with van der Waals surface area (Å²) in [6.45, 7) is 3.75. The number of hydrogen-bond acceptors (Lipinski definition) is 4. The molecule has 5 nitrogen and oxygen atoms in total. The lowest BCUT2D eigenvalue weighted by Gasteiger charge is -2.20. The van der Waals surface area contributed by atoms with Crippen LogP contribution < -0.4 is 5.73 Å². The molecule has 0 amide bonds. The van der Waals surface area contributed by atoms with Gasteiger partial charge in [0.2, 0.25) is 0 Å². The first kappa shape index (κ1) is 11.7. The van der Waals surface area contributed by atoms with Crippen molar-refractivity contribution in [3.63, 3.8) is 0 Å². The van der Waals surface area contributed by atoms with Gasteiger partial charge in [-0.1, -0.05) is 6.08 Å². The van der Waals surface area contributed by atoms with E-state index in [-0.39, 0.29) is 11.6 Å². The standard InChI is InChI=1S/C12H15N3O2/c1-6-10(7(2)15(3)14-6)8-4-5-9(16)11(13)12(8)17/h4-5,8,11H,13H2,1-3H3. The molecule has 0 saturated heterocycles. The summed E-state index contributed by atoms with van der Waals surface area (Å²) in [5.41, 5.74) is 8.16. The number of aromatic nitrogens is 2. The molecule has 1 aliphatic rings. The number of nitrogens with zero attached hydrogens (tertiary/aromatic N) is 2. The molecule has 0 fully saturated rings. The van der Waals surface area contributed by atoms with Gasteiger partial charge in [-0.3, -0.25) is 14.3 Å². The van der Waals surface area contributed by atoms with E-state index < -0.39 is 12.0 Å². The van der Waals surface area contributed by atoms with E-state index >= 15 is 0 Å². The molecule has 0 bridgehead atoms. The van der Waals surface area contributed by atoms with Crippen LogP contribution in [0.1, 0.15) is 22.9 Å². The molecule has 17 heavy (non-hydrogen) atoms. The van der Waals surface area contributed by atoms with Crippen molar-refractivity contribution in [2.45, 2.75) is 25.8 Å². The van der Waals surface area contributed by atoms with Crippen molar-refractivity contribution in [3.8, 4) is 0 Å². The average molecular weight is 233 g/mol. The van der Waals surface area contributed by atoms with Crippen molar-refractivity contribution in [1.82, 2.24) is 9.78 Å². The molecule has 90 valence electrons. The molecule has 0 aromatic carbocycles. The van der Waals surface area contributed by atoms with Crippen molar-refractivity contribution < 1.29 is 9.59 Å². The quantitative estimate of drug-likeness (QED) is 0.701. The Morgan fingerprint density at radius 2 is 2.00 bits per heavy atom. The highest BCUT2D eigenvalue weighted by molar-refractivity contribution is 6.16. The Kier molecular flexibility index (Phi) is 2.71. The van der Waals surface area contributed by atoms with Crippen molar-refractivity contribution in [2.24, 2.45) is 12.8 Å². The fourth-order valence-electron chi connectivity index (χ4n) is 2.20. The minimum atomic E-state index is -1.04. The number of rotatable bonds is 1.